The van der Waals surface area contributed by atoms with Crippen molar-refractivity contribution in [3.63, 3.8) is 0 Å². The molecule has 2 atom stereocenters. The Hall–Kier alpha value is -1.68. The zero-order valence-corrected chi connectivity index (χ0v) is 15.7. The summed E-state index contributed by atoms with van der Waals surface area (Å²) in [5, 5.41) is 8.33. The molecular weight excluding hydrogens is 368 g/mol. The van der Waals surface area contributed by atoms with Crippen molar-refractivity contribution in [2.24, 2.45) is 0 Å². The lowest BCUT2D eigenvalue weighted by atomic mass is 10.2. The Labute approximate surface area is 153 Å². The molecule has 1 aromatic carbocycles. The predicted molar refractivity (Wildman–Crippen MR) is 97.2 cm³/mol. The van der Waals surface area contributed by atoms with Gasteiger partial charge in [-0.2, -0.15) is 0 Å². The Bertz CT molecular complexity index is 720. The highest BCUT2D eigenvalue weighted by atomic mass is 35.5. The topological polar surface area (TPSA) is 116 Å². The molecule has 1 fully saturated rings. The molecule has 0 spiro atoms. The molecule has 2 unspecified atom stereocenters. The minimum atomic E-state index is -3.59. The Kier molecular flexibility index (Phi) is 7.81. The molecule has 0 saturated carbocycles. The standard InChI is InChI=1S/C15H22N4O4S.ClH/c1-10(18-15(21)13-7-4-8-17-13)14(20)19-11-5-3-6-12(9-11)24(22,23)16-2;/h3,5-6,9-10,13,16-17H,4,7-8H2,1-2H3,(H,18,21)(H,19,20);1H. The summed E-state index contributed by atoms with van der Waals surface area (Å²) in [5.41, 5.74) is 0.344. The Morgan fingerprint density at radius 2 is 2.04 bits per heavy atom. The second-order valence-electron chi connectivity index (χ2n) is 5.60. The van der Waals surface area contributed by atoms with E-state index in [1.165, 1.54) is 25.2 Å². The monoisotopic (exact) mass is 390 g/mol. The van der Waals surface area contributed by atoms with Crippen LogP contribution in [0.2, 0.25) is 0 Å². The van der Waals surface area contributed by atoms with Gasteiger partial charge in [-0.15, -0.1) is 12.4 Å². The summed E-state index contributed by atoms with van der Waals surface area (Å²) in [6, 6.07) is 4.91. The summed E-state index contributed by atoms with van der Waals surface area (Å²) in [6.45, 7) is 2.38. The minimum absolute atomic E-state index is 0. The molecule has 0 radical (unpaired) electrons. The van der Waals surface area contributed by atoms with Crippen LogP contribution in [0, 0.1) is 0 Å². The number of nitrogens with one attached hydrogen (secondary N) is 4. The first-order valence-electron chi connectivity index (χ1n) is 7.72. The zero-order chi connectivity index (χ0) is 17.7. The van der Waals surface area contributed by atoms with Crippen LogP contribution in [0.5, 0.6) is 0 Å². The van der Waals surface area contributed by atoms with Gasteiger partial charge in [-0.3, -0.25) is 9.59 Å². The molecule has 0 bridgehead atoms. The third kappa shape index (κ3) is 5.67. The molecule has 1 aromatic rings. The molecule has 1 aliphatic heterocycles. The van der Waals surface area contributed by atoms with E-state index in [9.17, 15) is 18.0 Å². The van der Waals surface area contributed by atoms with Crippen LogP contribution in [0.15, 0.2) is 29.2 Å². The van der Waals surface area contributed by atoms with Crippen molar-refractivity contribution >= 4 is 39.9 Å². The van der Waals surface area contributed by atoms with Crippen LogP contribution >= 0.6 is 12.4 Å². The highest BCUT2D eigenvalue weighted by Crippen LogP contribution is 2.15. The van der Waals surface area contributed by atoms with E-state index in [1.807, 2.05) is 0 Å². The lowest BCUT2D eigenvalue weighted by Gasteiger charge is -2.17. The van der Waals surface area contributed by atoms with E-state index in [1.54, 1.807) is 13.0 Å². The fraction of sp³-hybridized carbons (Fsp3) is 0.467. The molecule has 1 heterocycles. The molecule has 0 aromatic heterocycles. The number of hydrogen-bond donors (Lipinski definition) is 4. The van der Waals surface area contributed by atoms with E-state index in [4.69, 9.17) is 0 Å². The number of sulfonamides is 1. The smallest absolute Gasteiger partial charge is 0.246 e. The summed E-state index contributed by atoms with van der Waals surface area (Å²) in [6.07, 6.45) is 1.69. The van der Waals surface area contributed by atoms with Gasteiger partial charge in [0.2, 0.25) is 21.8 Å². The molecule has 4 N–H and O–H groups in total. The number of hydrogen-bond acceptors (Lipinski definition) is 5. The Morgan fingerprint density at radius 3 is 2.64 bits per heavy atom. The third-order valence-corrected chi connectivity index (χ3v) is 5.22. The SMILES string of the molecule is CNS(=O)(=O)c1cccc(NC(=O)C(C)NC(=O)C2CCCN2)c1.Cl. The van der Waals surface area contributed by atoms with Crippen molar-refractivity contribution in [2.45, 2.75) is 36.7 Å². The van der Waals surface area contributed by atoms with Gasteiger partial charge in [0, 0.05) is 5.69 Å². The lowest BCUT2D eigenvalue weighted by molar-refractivity contribution is -0.127. The fourth-order valence-electron chi connectivity index (χ4n) is 2.40. The van der Waals surface area contributed by atoms with E-state index in [2.05, 4.69) is 20.7 Å². The predicted octanol–water partition coefficient (Wildman–Crippen LogP) is 0.212. The van der Waals surface area contributed by atoms with Gasteiger partial charge >= 0.3 is 0 Å². The van der Waals surface area contributed by atoms with Crippen LogP contribution in [0.25, 0.3) is 0 Å². The molecule has 10 heteroatoms. The number of carbonyl (C=O) groups is 2. The maximum absolute atomic E-state index is 12.2. The normalized spacial score (nSPS) is 18.1. The molecular formula is C15H23ClN4O4S. The van der Waals surface area contributed by atoms with Crippen molar-refractivity contribution in [1.29, 1.82) is 0 Å². The fourth-order valence-corrected chi connectivity index (χ4v) is 3.17. The summed E-state index contributed by atoms with van der Waals surface area (Å²) >= 11 is 0. The van der Waals surface area contributed by atoms with Gasteiger partial charge in [0.25, 0.3) is 0 Å². The van der Waals surface area contributed by atoms with Gasteiger partial charge in [0.1, 0.15) is 6.04 Å². The molecule has 1 saturated heterocycles. The average molecular weight is 391 g/mol. The molecule has 8 nitrogen and oxygen atoms in total. The van der Waals surface area contributed by atoms with Crippen LogP contribution in [-0.2, 0) is 19.6 Å². The average Bonchev–Trinajstić information content (AvgIpc) is 3.09. The first-order chi connectivity index (χ1) is 11.3. The molecule has 2 rings (SSSR count). The molecule has 1 aliphatic rings. The maximum Gasteiger partial charge on any atom is 0.246 e. The summed E-state index contributed by atoms with van der Waals surface area (Å²) in [5.74, 6) is -0.623. The van der Waals surface area contributed by atoms with Crippen molar-refractivity contribution in [3.8, 4) is 0 Å². The lowest BCUT2D eigenvalue weighted by Crippen LogP contribution is -2.48. The van der Waals surface area contributed by atoms with Crippen molar-refractivity contribution in [2.75, 3.05) is 18.9 Å². The van der Waals surface area contributed by atoms with Gasteiger partial charge in [0.05, 0.1) is 10.9 Å². The van der Waals surface area contributed by atoms with E-state index in [0.717, 1.165) is 19.4 Å². The minimum Gasteiger partial charge on any atom is -0.343 e. The highest BCUT2D eigenvalue weighted by molar-refractivity contribution is 7.89. The quantitative estimate of drug-likeness (QED) is 0.554. The van der Waals surface area contributed by atoms with Crippen molar-refractivity contribution in [3.05, 3.63) is 24.3 Å². The summed E-state index contributed by atoms with van der Waals surface area (Å²) in [4.78, 5) is 24.2. The van der Waals surface area contributed by atoms with E-state index < -0.39 is 22.0 Å². The van der Waals surface area contributed by atoms with Gasteiger partial charge in [-0.1, -0.05) is 6.07 Å². The van der Waals surface area contributed by atoms with Crippen LogP contribution in [-0.4, -0.2) is 45.9 Å². The Balaban J connectivity index is 0.00000312. The summed E-state index contributed by atoms with van der Waals surface area (Å²) < 4.78 is 25.8. The third-order valence-electron chi connectivity index (χ3n) is 3.81. The maximum atomic E-state index is 12.2. The van der Waals surface area contributed by atoms with Crippen molar-refractivity contribution in [1.82, 2.24) is 15.4 Å². The van der Waals surface area contributed by atoms with Crippen molar-refractivity contribution < 1.29 is 18.0 Å². The number of amides is 2. The first-order valence-corrected chi connectivity index (χ1v) is 9.20. The molecule has 140 valence electrons. The second kappa shape index (κ2) is 9.14. The molecule has 2 amide bonds. The van der Waals surface area contributed by atoms with Gasteiger partial charge in [0.15, 0.2) is 0 Å². The van der Waals surface area contributed by atoms with Gasteiger partial charge in [-0.25, -0.2) is 13.1 Å². The largest absolute Gasteiger partial charge is 0.343 e. The number of halogens is 1. The van der Waals surface area contributed by atoms with Crippen LogP contribution in [0.4, 0.5) is 5.69 Å². The van der Waals surface area contributed by atoms with E-state index in [0.29, 0.717) is 5.69 Å². The summed E-state index contributed by atoms with van der Waals surface area (Å²) in [7, 11) is -2.27. The van der Waals surface area contributed by atoms with Crippen LogP contribution in [0.1, 0.15) is 19.8 Å². The highest BCUT2D eigenvalue weighted by Gasteiger charge is 2.25. The second-order valence-corrected chi connectivity index (χ2v) is 7.49. The van der Waals surface area contributed by atoms with Gasteiger partial charge < -0.3 is 16.0 Å². The number of anilines is 1. The van der Waals surface area contributed by atoms with Gasteiger partial charge in [-0.05, 0) is 51.6 Å². The molecule has 25 heavy (non-hydrogen) atoms. The van der Waals surface area contributed by atoms with Crippen LogP contribution in [0.3, 0.4) is 0 Å². The van der Waals surface area contributed by atoms with Crippen LogP contribution < -0.4 is 20.7 Å². The number of carbonyl (C=O) groups excluding carboxylic acids is 2. The number of benzene rings is 1. The molecule has 0 aliphatic carbocycles. The van der Waals surface area contributed by atoms with E-state index in [-0.39, 0.29) is 29.3 Å². The van der Waals surface area contributed by atoms with E-state index >= 15 is 0 Å². The number of rotatable bonds is 6. The zero-order valence-electron chi connectivity index (χ0n) is 14.0. The first kappa shape index (κ1) is 21.4. The Morgan fingerprint density at radius 1 is 1.32 bits per heavy atom.